The largest absolute Gasteiger partial charge is 0.505 e. The van der Waals surface area contributed by atoms with Crippen molar-refractivity contribution in [1.29, 1.82) is 5.26 Å². The van der Waals surface area contributed by atoms with Crippen LogP contribution >= 0.6 is 0 Å². The van der Waals surface area contributed by atoms with E-state index in [9.17, 15) is 4.39 Å². The maximum absolute atomic E-state index is 13.0. The molecule has 0 radical (unpaired) electrons. The fourth-order valence-corrected chi connectivity index (χ4v) is 1.20. The molecule has 1 aromatic heterocycles. The van der Waals surface area contributed by atoms with Gasteiger partial charge in [-0.05, 0) is 18.2 Å². The van der Waals surface area contributed by atoms with Gasteiger partial charge in [0.1, 0.15) is 11.9 Å². The predicted octanol–water partition coefficient (Wildman–Crippen LogP) is 1.94. The van der Waals surface area contributed by atoms with Gasteiger partial charge in [0.05, 0.1) is 18.0 Å². The molecule has 0 aliphatic carbocycles. The summed E-state index contributed by atoms with van der Waals surface area (Å²) >= 11 is 0. The molecule has 2 rings (SSSR count). The second-order valence-electron chi connectivity index (χ2n) is 3.20. The third kappa shape index (κ3) is 2.46. The van der Waals surface area contributed by atoms with Crippen LogP contribution in [-0.4, -0.2) is 15.1 Å². The number of halogens is 1. The Morgan fingerprint density at radius 3 is 2.65 bits per heavy atom. The van der Waals surface area contributed by atoms with Crippen LogP contribution in [0.3, 0.4) is 0 Å². The minimum atomic E-state index is -0.579. The van der Waals surface area contributed by atoms with Crippen LogP contribution in [-0.2, 0) is 0 Å². The summed E-state index contributed by atoms with van der Waals surface area (Å²) in [5, 5.41) is 20.4. The molecule has 6 heteroatoms. The first kappa shape index (κ1) is 10.8. The van der Waals surface area contributed by atoms with Crippen molar-refractivity contribution >= 4 is 11.6 Å². The predicted molar refractivity (Wildman–Crippen MR) is 58.1 cm³/mol. The van der Waals surface area contributed by atoms with Crippen molar-refractivity contribution in [2.45, 2.75) is 0 Å². The Bertz CT molecular complexity index is 577. The van der Waals surface area contributed by atoms with E-state index >= 15 is 0 Å². The summed E-state index contributed by atoms with van der Waals surface area (Å²) < 4.78 is 13.0. The number of nitrogens with one attached hydrogen (secondary N) is 1. The smallest absolute Gasteiger partial charge is 0.227 e. The molecule has 17 heavy (non-hydrogen) atoms. The maximum Gasteiger partial charge on any atom is 0.227 e. The topological polar surface area (TPSA) is 81.8 Å². The van der Waals surface area contributed by atoms with E-state index in [4.69, 9.17) is 10.4 Å². The Balaban J connectivity index is 2.25. The van der Waals surface area contributed by atoms with Crippen LogP contribution in [0.4, 0.5) is 16.0 Å². The van der Waals surface area contributed by atoms with Crippen molar-refractivity contribution in [3.8, 4) is 11.8 Å². The second kappa shape index (κ2) is 4.45. The Morgan fingerprint density at radius 1 is 1.29 bits per heavy atom. The number of hydrogen-bond acceptors (Lipinski definition) is 5. The molecule has 0 spiro atoms. The number of rotatable bonds is 2. The van der Waals surface area contributed by atoms with Gasteiger partial charge in [0.25, 0.3) is 0 Å². The van der Waals surface area contributed by atoms with Gasteiger partial charge in [-0.25, -0.2) is 14.4 Å². The minimum Gasteiger partial charge on any atom is -0.505 e. The van der Waals surface area contributed by atoms with E-state index in [0.29, 0.717) is 5.69 Å². The average Bonchev–Trinajstić information content (AvgIpc) is 2.34. The van der Waals surface area contributed by atoms with E-state index in [1.807, 2.05) is 0 Å². The summed E-state index contributed by atoms with van der Waals surface area (Å²) in [5.41, 5.74) is 0.433. The second-order valence-corrected chi connectivity index (χ2v) is 3.20. The van der Waals surface area contributed by atoms with Crippen molar-refractivity contribution in [1.82, 2.24) is 9.97 Å². The Hall–Kier alpha value is -2.68. The van der Waals surface area contributed by atoms with Crippen molar-refractivity contribution < 1.29 is 9.50 Å². The third-order valence-corrected chi connectivity index (χ3v) is 1.98. The summed E-state index contributed by atoms with van der Waals surface area (Å²) in [6.07, 6.45) is 2.45. The molecule has 0 atom stereocenters. The van der Waals surface area contributed by atoms with Crippen LogP contribution in [0.5, 0.6) is 5.75 Å². The molecule has 2 N–H and O–H groups in total. The van der Waals surface area contributed by atoms with Crippen LogP contribution in [0.25, 0.3) is 0 Å². The highest BCUT2D eigenvalue weighted by Crippen LogP contribution is 2.17. The average molecular weight is 230 g/mol. The number of aromatic hydroxyl groups is 1. The van der Waals surface area contributed by atoms with E-state index in [-0.39, 0.29) is 17.3 Å². The van der Waals surface area contributed by atoms with E-state index < -0.39 is 5.82 Å². The standard InChI is InChI=1S/C11H7FN4O/c12-10-2-1-8(3-7(10)4-13)16-11-14-5-9(17)6-15-11/h1-3,5-6,17H,(H,14,15,16). The zero-order valence-electron chi connectivity index (χ0n) is 8.55. The van der Waals surface area contributed by atoms with Gasteiger partial charge < -0.3 is 10.4 Å². The maximum atomic E-state index is 13.0. The Kier molecular flexibility index (Phi) is 2.83. The molecular formula is C11H7FN4O. The number of anilines is 2. The zero-order chi connectivity index (χ0) is 12.3. The number of benzene rings is 1. The molecule has 0 saturated heterocycles. The summed E-state index contributed by atoms with van der Waals surface area (Å²) in [4.78, 5) is 7.61. The molecule has 1 heterocycles. The lowest BCUT2D eigenvalue weighted by Gasteiger charge is -2.04. The molecule has 84 valence electrons. The molecular weight excluding hydrogens is 223 g/mol. The number of nitrogens with zero attached hydrogens (tertiary/aromatic N) is 3. The van der Waals surface area contributed by atoms with Crippen LogP contribution in [0, 0.1) is 17.1 Å². The highest BCUT2D eigenvalue weighted by molar-refractivity contribution is 5.56. The van der Waals surface area contributed by atoms with Crippen LogP contribution in [0.15, 0.2) is 30.6 Å². The Morgan fingerprint density at radius 2 is 2.00 bits per heavy atom. The minimum absolute atomic E-state index is 0.0487. The first-order valence-corrected chi connectivity index (χ1v) is 4.67. The molecule has 0 amide bonds. The van der Waals surface area contributed by atoms with E-state index in [2.05, 4.69) is 15.3 Å². The normalized spacial score (nSPS) is 9.65. The van der Waals surface area contributed by atoms with Gasteiger partial charge in [-0.15, -0.1) is 0 Å². The summed E-state index contributed by atoms with van der Waals surface area (Å²) in [5.74, 6) is -0.379. The van der Waals surface area contributed by atoms with Crippen LogP contribution in [0.2, 0.25) is 0 Å². The number of hydrogen-bond donors (Lipinski definition) is 2. The van der Waals surface area contributed by atoms with Gasteiger partial charge in [0, 0.05) is 5.69 Å². The summed E-state index contributed by atoms with van der Waals surface area (Å²) in [7, 11) is 0. The molecule has 0 saturated carbocycles. The van der Waals surface area contributed by atoms with Crippen molar-refractivity contribution in [2.75, 3.05) is 5.32 Å². The molecule has 0 aliphatic rings. The molecule has 0 unspecified atom stereocenters. The molecule has 0 aliphatic heterocycles. The van der Waals surface area contributed by atoms with Gasteiger partial charge >= 0.3 is 0 Å². The van der Waals surface area contributed by atoms with Crippen molar-refractivity contribution in [3.63, 3.8) is 0 Å². The lowest BCUT2D eigenvalue weighted by atomic mass is 10.2. The summed E-state index contributed by atoms with van der Waals surface area (Å²) in [6, 6.07) is 5.73. The lowest BCUT2D eigenvalue weighted by Crippen LogP contribution is -1.97. The fourth-order valence-electron chi connectivity index (χ4n) is 1.20. The van der Waals surface area contributed by atoms with Crippen molar-refractivity contribution in [3.05, 3.63) is 42.0 Å². The van der Waals surface area contributed by atoms with Gasteiger partial charge in [0.15, 0.2) is 5.75 Å². The first-order valence-electron chi connectivity index (χ1n) is 4.67. The van der Waals surface area contributed by atoms with Gasteiger partial charge in [0.2, 0.25) is 5.95 Å². The monoisotopic (exact) mass is 230 g/mol. The van der Waals surface area contributed by atoms with E-state index in [1.54, 1.807) is 6.07 Å². The molecule has 2 aromatic rings. The number of nitriles is 1. The molecule has 5 nitrogen and oxygen atoms in total. The fraction of sp³-hybridized carbons (Fsp3) is 0. The quantitative estimate of drug-likeness (QED) is 0.823. The Labute approximate surface area is 96.2 Å². The zero-order valence-corrected chi connectivity index (χ0v) is 8.55. The molecule has 0 fully saturated rings. The lowest BCUT2D eigenvalue weighted by molar-refractivity contribution is 0.470. The molecule has 0 bridgehead atoms. The van der Waals surface area contributed by atoms with Crippen molar-refractivity contribution in [2.24, 2.45) is 0 Å². The first-order chi connectivity index (χ1) is 8.19. The number of aromatic nitrogens is 2. The molecule has 1 aromatic carbocycles. The van der Waals surface area contributed by atoms with Crippen LogP contribution in [0.1, 0.15) is 5.56 Å². The summed E-state index contributed by atoms with van der Waals surface area (Å²) in [6.45, 7) is 0. The third-order valence-electron chi connectivity index (χ3n) is 1.98. The van der Waals surface area contributed by atoms with E-state index in [1.165, 1.54) is 30.6 Å². The van der Waals surface area contributed by atoms with Gasteiger partial charge in [-0.3, -0.25) is 0 Å². The van der Waals surface area contributed by atoms with Gasteiger partial charge in [-0.2, -0.15) is 5.26 Å². The highest BCUT2D eigenvalue weighted by Gasteiger charge is 2.03. The highest BCUT2D eigenvalue weighted by atomic mass is 19.1. The van der Waals surface area contributed by atoms with E-state index in [0.717, 1.165) is 0 Å². The SMILES string of the molecule is N#Cc1cc(Nc2ncc(O)cn2)ccc1F. The van der Waals surface area contributed by atoms with Crippen LogP contribution < -0.4 is 5.32 Å². The van der Waals surface area contributed by atoms with Gasteiger partial charge in [-0.1, -0.05) is 0 Å².